The number of carbonyl (C=O) groups is 2. The molecule has 0 saturated carbocycles. The molecule has 0 atom stereocenters. The fourth-order valence-electron chi connectivity index (χ4n) is 3.06. The molecule has 2 aromatic rings. The summed E-state index contributed by atoms with van der Waals surface area (Å²) < 4.78 is 4.93. The lowest BCUT2D eigenvalue weighted by molar-refractivity contribution is -0.134. The summed E-state index contributed by atoms with van der Waals surface area (Å²) in [5.41, 5.74) is 1.15. The molecule has 2 heterocycles. The summed E-state index contributed by atoms with van der Waals surface area (Å²) in [5.74, 6) is 0.622. The van der Waals surface area contributed by atoms with Gasteiger partial charge in [-0.2, -0.15) is 0 Å². The molecule has 0 spiro atoms. The Bertz CT molecular complexity index is 811. The first kappa shape index (κ1) is 20.1. The fourth-order valence-corrected chi connectivity index (χ4v) is 3.19. The molecule has 1 aromatic carbocycles. The van der Waals surface area contributed by atoms with Crippen LogP contribution in [0.2, 0.25) is 5.02 Å². The molecular weight excluding hydrogens is 380 g/mol. The van der Waals surface area contributed by atoms with Crippen LogP contribution in [0.25, 0.3) is 0 Å². The number of pyridine rings is 1. The van der Waals surface area contributed by atoms with Crippen molar-refractivity contribution in [1.29, 1.82) is 0 Å². The lowest BCUT2D eigenvalue weighted by atomic mass is 10.2. The normalized spacial score (nSPS) is 14.5. The Morgan fingerprint density at radius 3 is 2.57 bits per heavy atom. The summed E-state index contributed by atoms with van der Waals surface area (Å²) in [5, 5.41) is 3.41. The van der Waals surface area contributed by atoms with Crippen LogP contribution in [0.3, 0.4) is 0 Å². The number of rotatable bonds is 5. The van der Waals surface area contributed by atoms with Gasteiger partial charge >= 0.3 is 0 Å². The number of nitrogens with zero attached hydrogens (tertiary/aromatic N) is 3. The van der Waals surface area contributed by atoms with Crippen molar-refractivity contribution in [2.24, 2.45) is 0 Å². The number of aromatic nitrogens is 1. The maximum absolute atomic E-state index is 12.3. The molecule has 0 radical (unpaired) electrons. The Kier molecular flexibility index (Phi) is 6.84. The molecule has 0 unspecified atom stereocenters. The number of methoxy groups -OCH3 is 1. The van der Waals surface area contributed by atoms with Crippen LogP contribution in [0.5, 0.6) is 0 Å². The molecule has 2 amide bonds. The van der Waals surface area contributed by atoms with Crippen molar-refractivity contribution in [3.8, 4) is 0 Å². The second-order valence-electron chi connectivity index (χ2n) is 6.52. The van der Waals surface area contributed by atoms with Crippen molar-refractivity contribution in [2.75, 3.05) is 50.1 Å². The molecule has 1 aliphatic rings. The number of amides is 2. The summed E-state index contributed by atoms with van der Waals surface area (Å²) >= 11 is 5.85. The van der Waals surface area contributed by atoms with Crippen LogP contribution in [-0.2, 0) is 9.53 Å². The van der Waals surface area contributed by atoms with Gasteiger partial charge in [0.1, 0.15) is 12.4 Å². The summed E-state index contributed by atoms with van der Waals surface area (Å²) in [7, 11) is 1.53. The quantitative estimate of drug-likeness (QED) is 0.832. The highest BCUT2D eigenvalue weighted by molar-refractivity contribution is 6.30. The molecule has 1 saturated heterocycles. The molecule has 0 bridgehead atoms. The molecule has 3 rings (SSSR count). The van der Waals surface area contributed by atoms with E-state index in [0.717, 1.165) is 18.8 Å². The Morgan fingerprint density at radius 2 is 1.89 bits per heavy atom. The van der Waals surface area contributed by atoms with Gasteiger partial charge in [-0.25, -0.2) is 4.98 Å². The number of hydrogen-bond acceptors (Lipinski definition) is 5. The second kappa shape index (κ2) is 9.52. The number of benzene rings is 1. The van der Waals surface area contributed by atoms with E-state index in [1.165, 1.54) is 7.11 Å². The van der Waals surface area contributed by atoms with Gasteiger partial charge in [-0.05, 0) is 42.8 Å². The highest BCUT2D eigenvalue weighted by Crippen LogP contribution is 2.18. The maximum Gasteiger partial charge on any atom is 0.255 e. The molecular formula is C20H23ClN4O3. The zero-order valence-corrected chi connectivity index (χ0v) is 16.5. The van der Waals surface area contributed by atoms with Crippen LogP contribution in [0, 0.1) is 0 Å². The average Bonchev–Trinajstić information content (AvgIpc) is 2.95. The molecule has 1 N–H and O–H groups in total. The minimum absolute atomic E-state index is 0.0116. The number of nitrogens with one attached hydrogen (secondary N) is 1. The topological polar surface area (TPSA) is 74.8 Å². The summed E-state index contributed by atoms with van der Waals surface area (Å²) in [4.78, 5) is 32.7. The molecule has 0 aliphatic carbocycles. The van der Waals surface area contributed by atoms with Crippen molar-refractivity contribution < 1.29 is 14.3 Å². The van der Waals surface area contributed by atoms with Gasteiger partial charge in [-0.3, -0.25) is 9.59 Å². The lowest BCUT2D eigenvalue weighted by Gasteiger charge is -2.23. The SMILES string of the molecule is COCC(=O)N1CCCN(c2ccc(NC(=O)c3ccc(Cl)cc3)cn2)CC1. The van der Waals surface area contributed by atoms with Gasteiger partial charge in [0.2, 0.25) is 5.91 Å². The van der Waals surface area contributed by atoms with Crippen LogP contribution in [0.4, 0.5) is 11.5 Å². The van der Waals surface area contributed by atoms with E-state index in [0.29, 0.717) is 35.9 Å². The van der Waals surface area contributed by atoms with Crippen LogP contribution in [-0.4, -0.2) is 61.6 Å². The van der Waals surface area contributed by atoms with Gasteiger partial charge in [0, 0.05) is 43.9 Å². The minimum atomic E-state index is -0.215. The van der Waals surface area contributed by atoms with Crippen molar-refractivity contribution in [1.82, 2.24) is 9.88 Å². The summed E-state index contributed by atoms with van der Waals surface area (Å²) in [6, 6.07) is 10.4. The molecule has 1 aliphatic heterocycles. The molecule has 1 fully saturated rings. The maximum atomic E-state index is 12.3. The van der Waals surface area contributed by atoms with Gasteiger partial charge < -0.3 is 19.9 Å². The predicted octanol–water partition coefficient (Wildman–Crippen LogP) is 2.67. The number of halogens is 1. The summed E-state index contributed by atoms with van der Waals surface area (Å²) in [6.45, 7) is 2.99. The number of hydrogen-bond donors (Lipinski definition) is 1. The third-order valence-corrected chi connectivity index (χ3v) is 4.80. The monoisotopic (exact) mass is 402 g/mol. The van der Waals surface area contributed by atoms with Gasteiger partial charge in [0.25, 0.3) is 5.91 Å². The first-order valence-electron chi connectivity index (χ1n) is 9.11. The van der Waals surface area contributed by atoms with Crippen LogP contribution < -0.4 is 10.2 Å². The Hall–Kier alpha value is -2.64. The Morgan fingerprint density at radius 1 is 1.11 bits per heavy atom. The third-order valence-electron chi connectivity index (χ3n) is 4.55. The van der Waals surface area contributed by atoms with Gasteiger partial charge in [-0.1, -0.05) is 11.6 Å². The van der Waals surface area contributed by atoms with E-state index in [1.807, 2.05) is 17.0 Å². The highest BCUT2D eigenvalue weighted by atomic mass is 35.5. The zero-order chi connectivity index (χ0) is 19.9. The average molecular weight is 403 g/mol. The van der Waals surface area contributed by atoms with E-state index in [1.54, 1.807) is 30.5 Å². The molecule has 1 aromatic heterocycles. The standard InChI is InChI=1S/C20H23ClN4O3/c1-28-14-19(26)25-10-2-9-24(11-12-25)18-8-7-17(13-22-18)23-20(27)15-3-5-16(21)6-4-15/h3-8,13H,2,9-12,14H2,1H3,(H,23,27). The van der Waals surface area contributed by atoms with E-state index >= 15 is 0 Å². The van der Waals surface area contributed by atoms with E-state index in [4.69, 9.17) is 16.3 Å². The van der Waals surface area contributed by atoms with Gasteiger partial charge in [0.15, 0.2) is 0 Å². The number of carbonyl (C=O) groups excluding carboxylic acids is 2. The van der Waals surface area contributed by atoms with E-state index in [9.17, 15) is 9.59 Å². The Balaban J connectivity index is 1.58. The molecule has 28 heavy (non-hydrogen) atoms. The number of anilines is 2. The summed E-state index contributed by atoms with van der Waals surface area (Å²) in [6.07, 6.45) is 2.51. The fraction of sp³-hybridized carbons (Fsp3) is 0.350. The Labute approximate surface area is 169 Å². The van der Waals surface area contributed by atoms with Crippen molar-refractivity contribution in [3.63, 3.8) is 0 Å². The lowest BCUT2D eigenvalue weighted by Crippen LogP contribution is -2.37. The first-order chi connectivity index (χ1) is 13.6. The van der Waals surface area contributed by atoms with Crippen LogP contribution >= 0.6 is 11.6 Å². The van der Waals surface area contributed by atoms with E-state index in [-0.39, 0.29) is 18.4 Å². The molecule has 148 valence electrons. The van der Waals surface area contributed by atoms with Gasteiger partial charge in [0.05, 0.1) is 11.9 Å². The van der Waals surface area contributed by atoms with Crippen molar-refractivity contribution in [3.05, 3.63) is 53.2 Å². The zero-order valence-electron chi connectivity index (χ0n) is 15.7. The number of ether oxygens (including phenoxy) is 1. The van der Waals surface area contributed by atoms with E-state index < -0.39 is 0 Å². The third kappa shape index (κ3) is 5.21. The second-order valence-corrected chi connectivity index (χ2v) is 6.96. The van der Waals surface area contributed by atoms with Crippen LogP contribution in [0.1, 0.15) is 16.8 Å². The first-order valence-corrected chi connectivity index (χ1v) is 9.49. The minimum Gasteiger partial charge on any atom is -0.375 e. The van der Waals surface area contributed by atoms with Crippen LogP contribution in [0.15, 0.2) is 42.6 Å². The largest absolute Gasteiger partial charge is 0.375 e. The molecule has 8 heteroatoms. The van der Waals surface area contributed by atoms with Gasteiger partial charge in [-0.15, -0.1) is 0 Å². The predicted molar refractivity (Wildman–Crippen MR) is 109 cm³/mol. The molecule has 7 nitrogen and oxygen atoms in total. The van der Waals surface area contributed by atoms with Crippen molar-refractivity contribution in [2.45, 2.75) is 6.42 Å². The smallest absolute Gasteiger partial charge is 0.255 e. The van der Waals surface area contributed by atoms with Crippen molar-refractivity contribution >= 4 is 34.9 Å². The highest BCUT2D eigenvalue weighted by Gasteiger charge is 2.19. The van der Waals surface area contributed by atoms with E-state index in [2.05, 4.69) is 15.2 Å².